The van der Waals surface area contributed by atoms with Gasteiger partial charge < -0.3 is 10.5 Å². The molecule has 2 N–H and O–H groups in total. The summed E-state index contributed by atoms with van der Waals surface area (Å²) in [6.07, 6.45) is 1.29. The summed E-state index contributed by atoms with van der Waals surface area (Å²) in [6, 6.07) is 4.64. The van der Waals surface area contributed by atoms with Crippen LogP contribution in [0.25, 0.3) is 5.69 Å². The zero-order valence-corrected chi connectivity index (χ0v) is 11.8. The molecule has 20 heavy (non-hydrogen) atoms. The van der Waals surface area contributed by atoms with Crippen molar-refractivity contribution in [3.63, 3.8) is 0 Å². The van der Waals surface area contributed by atoms with Crippen molar-refractivity contribution in [1.82, 2.24) is 9.78 Å². The number of esters is 1. The molecule has 0 amide bonds. The molecule has 1 heterocycles. The lowest BCUT2D eigenvalue weighted by atomic mass is 10.2. The zero-order valence-electron chi connectivity index (χ0n) is 10.2. The van der Waals surface area contributed by atoms with Gasteiger partial charge in [-0.2, -0.15) is 10.4 Å². The molecule has 1 aromatic carbocycles. The molecule has 0 fully saturated rings. The van der Waals surface area contributed by atoms with Gasteiger partial charge in [0.05, 0.1) is 29.0 Å². The molecule has 1 aromatic heterocycles. The molecule has 0 saturated heterocycles. The van der Waals surface area contributed by atoms with Gasteiger partial charge in [-0.05, 0) is 28.1 Å². The number of hydrogen-bond acceptors (Lipinski definition) is 5. The second-order valence-corrected chi connectivity index (χ2v) is 4.53. The maximum absolute atomic E-state index is 14.1. The Hall–Kier alpha value is -2.40. The van der Waals surface area contributed by atoms with Gasteiger partial charge in [-0.3, -0.25) is 0 Å². The summed E-state index contributed by atoms with van der Waals surface area (Å²) < 4.78 is 19.8. The first-order valence-corrected chi connectivity index (χ1v) is 6.10. The van der Waals surface area contributed by atoms with Crippen LogP contribution in [0.4, 0.5) is 10.1 Å². The molecule has 102 valence electrons. The van der Waals surface area contributed by atoms with E-state index < -0.39 is 11.8 Å². The third-order valence-electron chi connectivity index (χ3n) is 2.55. The minimum absolute atomic E-state index is 0.0196. The zero-order chi connectivity index (χ0) is 14.9. The van der Waals surface area contributed by atoms with E-state index in [0.29, 0.717) is 0 Å². The predicted octanol–water partition coefficient (Wildman–Crippen LogP) is 2.01. The van der Waals surface area contributed by atoms with Crippen LogP contribution in [-0.2, 0) is 4.74 Å². The van der Waals surface area contributed by atoms with Crippen LogP contribution in [0.3, 0.4) is 0 Å². The molecule has 0 saturated carbocycles. The number of nitrogens with zero attached hydrogens (tertiary/aromatic N) is 3. The molecule has 2 rings (SSSR count). The summed E-state index contributed by atoms with van der Waals surface area (Å²) in [5.74, 6) is -1.39. The number of hydrogen-bond donors (Lipinski definition) is 1. The highest BCUT2D eigenvalue weighted by atomic mass is 79.9. The minimum atomic E-state index is -0.714. The summed E-state index contributed by atoms with van der Waals surface area (Å²) in [7, 11) is 1.19. The third-order valence-corrected chi connectivity index (χ3v) is 3.33. The Labute approximate surface area is 121 Å². The van der Waals surface area contributed by atoms with Crippen LogP contribution in [0.2, 0.25) is 0 Å². The van der Waals surface area contributed by atoms with Crippen molar-refractivity contribution in [3.05, 3.63) is 39.9 Å². The van der Waals surface area contributed by atoms with Gasteiger partial charge >= 0.3 is 5.97 Å². The summed E-state index contributed by atoms with van der Waals surface area (Å²) in [4.78, 5) is 11.4. The van der Waals surface area contributed by atoms with Crippen LogP contribution in [-0.4, -0.2) is 22.9 Å². The van der Waals surface area contributed by atoms with Gasteiger partial charge in [-0.1, -0.05) is 0 Å². The Balaban J connectivity index is 2.56. The van der Waals surface area contributed by atoms with Crippen LogP contribution >= 0.6 is 15.9 Å². The number of nitriles is 1. The molecule has 0 bridgehead atoms. The van der Waals surface area contributed by atoms with Crippen LogP contribution in [0, 0.1) is 17.1 Å². The van der Waals surface area contributed by atoms with Crippen molar-refractivity contribution in [2.24, 2.45) is 0 Å². The summed E-state index contributed by atoms with van der Waals surface area (Å²) in [5.41, 5.74) is 5.80. The fraction of sp³-hybridized carbons (Fsp3) is 0.0833. The second-order valence-electron chi connectivity index (χ2n) is 3.74. The number of aromatic nitrogens is 2. The maximum atomic E-state index is 14.1. The van der Waals surface area contributed by atoms with Crippen molar-refractivity contribution in [2.75, 3.05) is 12.8 Å². The van der Waals surface area contributed by atoms with Crippen molar-refractivity contribution in [3.8, 4) is 11.8 Å². The number of ether oxygens (including phenoxy) is 1. The Morgan fingerprint density at radius 3 is 2.90 bits per heavy atom. The molecule has 0 radical (unpaired) electrons. The van der Waals surface area contributed by atoms with Crippen molar-refractivity contribution in [2.45, 2.75) is 0 Å². The van der Waals surface area contributed by atoms with Crippen LogP contribution in [0.15, 0.2) is 22.8 Å². The highest BCUT2D eigenvalue weighted by Gasteiger charge is 2.19. The lowest BCUT2D eigenvalue weighted by Crippen LogP contribution is -2.06. The Bertz CT molecular complexity index is 736. The van der Waals surface area contributed by atoms with E-state index in [1.165, 1.54) is 25.4 Å². The van der Waals surface area contributed by atoms with Gasteiger partial charge in [-0.15, -0.1) is 0 Å². The fourth-order valence-corrected chi connectivity index (χ4v) is 1.99. The average molecular weight is 339 g/mol. The Kier molecular flexibility index (Phi) is 3.72. The number of nitrogens with two attached hydrogens (primary N) is 1. The number of anilines is 1. The summed E-state index contributed by atoms with van der Waals surface area (Å²) in [5, 5.41) is 12.7. The van der Waals surface area contributed by atoms with E-state index >= 15 is 0 Å². The number of nitrogen functional groups attached to an aromatic ring is 1. The molecule has 0 aliphatic carbocycles. The van der Waals surface area contributed by atoms with E-state index in [4.69, 9.17) is 11.0 Å². The van der Waals surface area contributed by atoms with E-state index in [-0.39, 0.29) is 27.1 Å². The van der Waals surface area contributed by atoms with Crippen molar-refractivity contribution < 1.29 is 13.9 Å². The monoisotopic (exact) mass is 338 g/mol. The molecule has 0 spiro atoms. The average Bonchev–Trinajstić information content (AvgIpc) is 2.82. The van der Waals surface area contributed by atoms with Gasteiger partial charge in [0.25, 0.3) is 0 Å². The molecular formula is C12H8BrFN4O2. The topological polar surface area (TPSA) is 93.9 Å². The molecule has 0 aliphatic heterocycles. The Morgan fingerprint density at radius 1 is 1.60 bits per heavy atom. The smallest absolute Gasteiger partial charge is 0.360 e. The van der Waals surface area contributed by atoms with E-state index in [2.05, 4.69) is 25.8 Å². The fourth-order valence-electron chi connectivity index (χ4n) is 1.57. The first kappa shape index (κ1) is 14.0. The third kappa shape index (κ3) is 2.23. The molecular weight excluding hydrogens is 331 g/mol. The number of methoxy groups -OCH3 is 1. The van der Waals surface area contributed by atoms with Crippen molar-refractivity contribution in [1.29, 1.82) is 5.26 Å². The minimum Gasteiger partial charge on any atom is -0.464 e. The molecule has 2 aromatic rings. The van der Waals surface area contributed by atoms with Gasteiger partial charge in [0, 0.05) is 0 Å². The van der Waals surface area contributed by atoms with Gasteiger partial charge in [0.2, 0.25) is 0 Å². The van der Waals surface area contributed by atoms with Crippen molar-refractivity contribution >= 4 is 27.6 Å². The molecule has 0 atom stereocenters. The van der Waals surface area contributed by atoms with Crippen LogP contribution in [0.5, 0.6) is 0 Å². The first-order chi connectivity index (χ1) is 9.49. The largest absolute Gasteiger partial charge is 0.464 e. The number of carbonyl (C=O) groups is 1. The normalized spacial score (nSPS) is 10.1. The van der Waals surface area contributed by atoms with Gasteiger partial charge in [0.1, 0.15) is 11.8 Å². The number of halogens is 2. The second kappa shape index (κ2) is 5.30. The summed E-state index contributed by atoms with van der Waals surface area (Å²) >= 11 is 2.99. The van der Waals surface area contributed by atoms with E-state index in [0.717, 1.165) is 4.68 Å². The van der Waals surface area contributed by atoms with Crippen LogP contribution in [0.1, 0.15) is 16.1 Å². The number of rotatable bonds is 2. The maximum Gasteiger partial charge on any atom is 0.360 e. The SMILES string of the molecule is COC(=O)c1nn(-c2ccc(C#N)c(Br)c2F)cc1N. The highest BCUT2D eigenvalue weighted by Crippen LogP contribution is 2.26. The van der Waals surface area contributed by atoms with Gasteiger partial charge in [-0.25, -0.2) is 13.9 Å². The molecule has 8 heteroatoms. The van der Waals surface area contributed by atoms with Gasteiger partial charge in [0.15, 0.2) is 11.5 Å². The van der Waals surface area contributed by atoms with Crippen LogP contribution < -0.4 is 5.73 Å². The molecule has 0 unspecified atom stereocenters. The predicted molar refractivity (Wildman–Crippen MR) is 71.7 cm³/mol. The van der Waals surface area contributed by atoms with E-state index in [9.17, 15) is 9.18 Å². The molecule has 0 aliphatic rings. The van der Waals surface area contributed by atoms with E-state index in [1.54, 1.807) is 0 Å². The summed E-state index contributed by atoms with van der Waals surface area (Å²) in [6.45, 7) is 0. The lowest BCUT2D eigenvalue weighted by Gasteiger charge is -2.05. The standard InChI is InChI=1S/C12H8BrFN4O2/c1-20-12(19)11-7(16)5-18(17-11)8-3-2-6(4-15)9(13)10(8)14/h2-3,5H,16H2,1H3. The first-order valence-electron chi connectivity index (χ1n) is 5.31. The quantitative estimate of drug-likeness (QED) is 0.845. The number of benzene rings is 1. The lowest BCUT2D eigenvalue weighted by molar-refractivity contribution is 0.0594. The number of carbonyl (C=O) groups excluding carboxylic acids is 1. The molecule has 6 nitrogen and oxygen atoms in total. The highest BCUT2D eigenvalue weighted by molar-refractivity contribution is 9.10. The van der Waals surface area contributed by atoms with E-state index in [1.807, 2.05) is 6.07 Å². The Morgan fingerprint density at radius 2 is 2.30 bits per heavy atom.